The average Bonchev–Trinajstić information content (AvgIpc) is 3.03. The van der Waals surface area contributed by atoms with E-state index in [9.17, 15) is 18.0 Å². The van der Waals surface area contributed by atoms with Gasteiger partial charge in [-0.1, -0.05) is 60.1 Å². The lowest BCUT2D eigenvalue weighted by Gasteiger charge is -2.13. The molecule has 0 saturated heterocycles. The summed E-state index contributed by atoms with van der Waals surface area (Å²) in [5.74, 6) is -1.83. The van der Waals surface area contributed by atoms with Gasteiger partial charge in [0, 0.05) is 10.1 Å². The van der Waals surface area contributed by atoms with E-state index in [0.29, 0.717) is 5.39 Å². The van der Waals surface area contributed by atoms with Gasteiger partial charge in [-0.2, -0.15) is 0 Å². The van der Waals surface area contributed by atoms with Crippen molar-refractivity contribution in [2.75, 3.05) is 0 Å². The number of hydrogen-bond acceptors (Lipinski definition) is 6. The van der Waals surface area contributed by atoms with Gasteiger partial charge in [0.2, 0.25) is 10.0 Å². The molecule has 0 aliphatic carbocycles. The standard InChI is InChI=1S/C19H16ClNO5S2/c1-12(19(23)26-11-13-7-3-2-4-8-13)28(24,25)21-18(22)17-16(20)14-9-5-6-10-15(14)27-17/h2-10,12H,11H2,1H3,(H,21,22). The number of amides is 1. The maximum absolute atomic E-state index is 12.4. The number of benzene rings is 2. The first-order valence-corrected chi connectivity index (χ1v) is 11.0. The molecular weight excluding hydrogens is 422 g/mol. The topological polar surface area (TPSA) is 89.5 Å². The van der Waals surface area contributed by atoms with Crippen LogP contribution in [0.5, 0.6) is 0 Å². The minimum Gasteiger partial charge on any atom is -0.460 e. The Hall–Kier alpha value is -2.42. The summed E-state index contributed by atoms with van der Waals surface area (Å²) in [5, 5.41) is -0.729. The Kier molecular flexibility index (Phi) is 6.02. The number of hydrogen-bond donors (Lipinski definition) is 1. The number of carbonyl (C=O) groups is 2. The third-order valence-electron chi connectivity index (χ3n) is 4.00. The predicted molar refractivity (Wildman–Crippen MR) is 109 cm³/mol. The number of fused-ring (bicyclic) bond motifs is 1. The van der Waals surface area contributed by atoms with Gasteiger partial charge >= 0.3 is 5.97 Å². The number of esters is 1. The summed E-state index contributed by atoms with van der Waals surface area (Å²) in [6.07, 6.45) is 0. The molecule has 0 spiro atoms. The summed E-state index contributed by atoms with van der Waals surface area (Å²) in [4.78, 5) is 24.6. The van der Waals surface area contributed by atoms with Gasteiger partial charge in [-0.05, 0) is 18.6 Å². The Morgan fingerprint density at radius 3 is 2.43 bits per heavy atom. The van der Waals surface area contributed by atoms with Crippen LogP contribution in [-0.2, 0) is 26.2 Å². The maximum Gasteiger partial charge on any atom is 0.326 e. The number of ether oxygens (including phenoxy) is 1. The monoisotopic (exact) mass is 437 g/mol. The van der Waals surface area contributed by atoms with Crippen molar-refractivity contribution in [3.8, 4) is 0 Å². The molecular formula is C19H16ClNO5S2. The van der Waals surface area contributed by atoms with E-state index in [1.165, 1.54) is 0 Å². The van der Waals surface area contributed by atoms with E-state index in [2.05, 4.69) is 0 Å². The van der Waals surface area contributed by atoms with Crippen LogP contribution in [0.2, 0.25) is 5.02 Å². The molecule has 1 unspecified atom stereocenters. The number of halogens is 1. The zero-order valence-corrected chi connectivity index (χ0v) is 17.1. The van der Waals surface area contributed by atoms with E-state index in [-0.39, 0.29) is 16.5 Å². The average molecular weight is 438 g/mol. The third-order valence-corrected chi connectivity index (χ3v) is 7.26. The first-order chi connectivity index (χ1) is 13.3. The molecule has 1 heterocycles. The number of nitrogens with one attached hydrogen (secondary N) is 1. The van der Waals surface area contributed by atoms with E-state index in [0.717, 1.165) is 28.5 Å². The smallest absolute Gasteiger partial charge is 0.326 e. The van der Waals surface area contributed by atoms with E-state index in [4.69, 9.17) is 16.3 Å². The highest BCUT2D eigenvalue weighted by atomic mass is 35.5. The minimum atomic E-state index is -4.29. The van der Waals surface area contributed by atoms with Crippen LogP contribution in [0.25, 0.3) is 10.1 Å². The molecule has 9 heteroatoms. The van der Waals surface area contributed by atoms with Gasteiger partial charge in [-0.15, -0.1) is 11.3 Å². The highest BCUT2D eigenvalue weighted by Gasteiger charge is 2.32. The molecule has 2 aromatic carbocycles. The van der Waals surface area contributed by atoms with Gasteiger partial charge in [0.1, 0.15) is 11.5 Å². The van der Waals surface area contributed by atoms with Crippen molar-refractivity contribution in [1.82, 2.24) is 4.72 Å². The Balaban J connectivity index is 1.70. The largest absolute Gasteiger partial charge is 0.460 e. The maximum atomic E-state index is 12.4. The van der Waals surface area contributed by atoms with Crippen molar-refractivity contribution < 1.29 is 22.7 Å². The highest BCUT2D eigenvalue weighted by Crippen LogP contribution is 2.35. The van der Waals surface area contributed by atoms with Crippen LogP contribution in [-0.4, -0.2) is 25.5 Å². The van der Waals surface area contributed by atoms with Crippen LogP contribution in [0.3, 0.4) is 0 Å². The lowest BCUT2D eigenvalue weighted by molar-refractivity contribution is -0.144. The van der Waals surface area contributed by atoms with Crippen molar-refractivity contribution in [2.45, 2.75) is 18.8 Å². The molecule has 3 aromatic rings. The molecule has 1 amide bonds. The zero-order valence-electron chi connectivity index (χ0n) is 14.7. The lowest BCUT2D eigenvalue weighted by atomic mass is 10.2. The Morgan fingerprint density at radius 1 is 1.11 bits per heavy atom. The van der Waals surface area contributed by atoms with Crippen LogP contribution >= 0.6 is 22.9 Å². The zero-order chi connectivity index (χ0) is 20.3. The predicted octanol–water partition coefficient (Wildman–Crippen LogP) is 3.75. The first kappa shape index (κ1) is 20.3. The van der Waals surface area contributed by atoms with Gasteiger partial charge in [0.05, 0.1) is 5.02 Å². The molecule has 0 fully saturated rings. The van der Waals surface area contributed by atoms with Crippen molar-refractivity contribution in [2.24, 2.45) is 0 Å². The molecule has 1 atom stereocenters. The molecule has 1 N–H and O–H groups in total. The van der Waals surface area contributed by atoms with E-state index < -0.39 is 27.1 Å². The van der Waals surface area contributed by atoms with Gasteiger partial charge in [-0.25, -0.2) is 13.1 Å². The van der Waals surface area contributed by atoms with Crippen LogP contribution in [0, 0.1) is 0 Å². The van der Waals surface area contributed by atoms with Crippen molar-refractivity contribution >= 4 is 54.9 Å². The SMILES string of the molecule is CC(C(=O)OCc1ccccc1)S(=O)(=O)NC(=O)c1sc2ccccc2c1Cl. The van der Waals surface area contributed by atoms with E-state index in [1.54, 1.807) is 48.5 Å². The summed E-state index contributed by atoms with van der Waals surface area (Å²) in [5.41, 5.74) is 0.724. The fourth-order valence-electron chi connectivity index (χ4n) is 2.40. The third kappa shape index (κ3) is 4.35. The molecule has 146 valence electrons. The highest BCUT2D eigenvalue weighted by molar-refractivity contribution is 7.91. The molecule has 0 bridgehead atoms. The summed E-state index contributed by atoms with van der Waals surface area (Å²) >= 11 is 7.28. The van der Waals surface area contributed by atoms with E-state index >= 15 is 0 Å². The van der Waals surface area contributed by atoms with Crippen molar-refractivity contribution in [3.63, 3.8) is 0 Å². The quantitative estimate of drug-likeness (QED) is 0.593. The molecule has 28 heavy (non-hydrogen) atoms. The van der Waals surface area contributed by atoms with Crippen molar-refractivity contribution in [3.05, 3.63) is 70.1 Å². The number of sulfonamides is 1. The van der Waals surface area contributed by atoms with Crippen LogP contribution < -0.4 is 4.72 Å². The fraction of sp³-hybridized carbons (Fsp3) is 0.158. The number of rotatable bonds is 6. The summed E-state index contributed by atoms with van der Waals surface area (Å²) in [7, 11) is -4.29. The van der Waals surface area contributed by atoms with Crippen LogP contribution in [0.1, 0.15) is 22.2 Å². The first-order valence-electron chi connectivity index (χ1n) is 8.23. The second kappa shape index (κ2) is 8.30. The van der Waals surface area contributed by atoms with Gasteiger partial charge < -0.3 is 4.74 Å². The normalized spacial score (nSPS) is 12.5. The van der Waals surface area contributed by atoms with E-state index in [1.807, 2.05) is 10.8 Å². The summed E-state index contributed by atoms with van der Waals surface area (Å²) in [6.45, 7) is 1.10. The van der Waals surface area contributed by atoms with Gasteiger partial charge in [-0.3, -0.25) is 9.59 Å². The molecule has 0 aliphatic rings. The molecule has 0 saturated carbocycles. The fourth-order valence-corrected chi connectivity index (χ4v) is 4.73. The van der Waals surface area contributed by atoms with Crippen LogP contribution in [0.4, 0.5) is 0 Å². The van der Waals surface area contributed by atoms with Crippen LogP contribution in [0.15, 0.2) is 54.6 Å². The number of carbonyl (C=O) groups excluding carboxylic acids is 2. The Morgan fingerprint density at radius 2 is 1.75 bits per heavy atom. The molecule has 1 aromatic heterocycles. The second-order valence-corrected chi connectivity index (χ2v) is 9.38. The van der Waals surface area contributed by atoms with Crippen molar-refractivity contribution in [1.29, 1.82) is 0 Å². The lowest BCUT2D eigenvalue weighted by Crippen LogP contribution is -2.41. The van der Waals surface area contributed by atoms with Gasteiger partial charge in [0.15, 0.2) is 5.25 Å². The minimum absolute atomic E-state index is 0.0599. The molecule has 3 rings (SSSR count). The number of thiophene rings is 1. The Labute approximate surface area is 171 Å². The summed E-state index contributed by atoms with van der Waals surface area (Å²) < 4.78 is 32.6. The Bertz CT molecular complexity index is 1130. The molecule has 0 radical (unpaired) electrons. The van der Waals surface area contributed by atoms with Gasteiger partial charge in [0.25, 0.3) is 5.91 Å². The summed E-state index contributed by atoms with van der Waals surface area (Å²) in [6, 6.07) is 15.9. The molecule has 0 aliphatic heterocycles. The second-order valence-electron chi connectivity index (χ2n) is 5.95. The molecule has 6 nitrogen and oxygen atoms in total.